The molecule has 0 saturated heterocycles. The van der Waals surface area contributed by atoms with Gasteiger partial charge in [0.25, 0.3) is 6.43 Å². The second-order valence-electron chi connectivity index (χ2n) is 2.10. The van der Waals surface area contributed by atoms with Crippen molar-refractivity contribution in [3.63, 3.8) is 0 Å². The second-order valence-corrected chi connectivity index (χ2v) is 3.20. The molecule has 1 heterocycles. The van der Waals surface area contributed by atoms with Crippen LogP contribution in [-0.2, 0) is 0 Å². The van der Waals surface area contributed by atoms with Gasteiger partial charge in [0.2, 0.25) is 0 Å². The number of hydrogen-bond donors (Lipinski definition) is 0. The lowest BCUT2D eigenvalue weighted by Gasteiger charge is -2.02. The molecule has 0 atom stereocenters. The maximum Gasteiger partial charge on any atom is 0.281 e. The zero-order valence-electron chi connectivity index (χ0n) is 6.06. The fourth-order valence-corrected chi connectivity index (χ4v) is 1.30. The molecule has 13 heavy (non-hydrogen) atoms. The predicted molar refractivity (Wildman–Crippen MR) is 46.6 cm³/mol. The van der Waals surface area contributed by atoms with Crippen LogP contribution in [0.15, 0.2) is 6.07 Å². The number of nitriles is 1. The Bertz CT molecular complexity index is 373. The van der Waals surface area contributed by atoms with Crippen LogP contribution < -0.4 is 0 Å². The molecule has 0 aliphatic rings. The molecule has 6 heteroatoms. The van der Waals surface area contributed by atoms with Gasteiger partial charge in [-0.15, -0.1) is 0 Å². The van der Waals surface area contributed by atoms with E-state index in [9.17, 15) is 13.2 Å². The highest BCUT2D eigenvalue weighted by molar-refractivity contribution is 14.1. The van der Waals surface area contributed by atoms with Gasteiger partial charge in [0.05, 0.1) is 0 Å². The Morgan fingerprint density at radius 1 is 1.54 bits per heavy atom. The molecule has 1 aromatic rings. The number of aromatic nitrogens is 1. The first-order valence-electron chi connectivity index (χ1n) is 3.10. The first-order valence-corrected chi connectivity index (χ1v) is 4.18. The van der Waals surface area contributed by atoms with E-state index in [4.69, 9.17) is 5.26 Å². The Labute approximate surface area is 85.5 Å². The van der Waals surface area contributed by atoms with Gasteiger partial charge in [0.15, 0.2) is 0 Å². The van der Waals surface area contributed by atoms with Crippen molar-refractivity contribution >= 4 is 22.6 Å². The molecule has 0 unspecified atom stereocenters. The van der Waals surface area contributed by atoms with Crippen molar-refractivity contribution in [3.8, 4) is 6.07 Å². The third kappa shape index (κ3) is 2.09. The fourth-order valence-electron chi connectivity index (χ4n) is 0.771. The lowest BCUT2D eigenvalue weighted by Crippen LogP contribution is -2.00. The highest BCUT2D eigenvalue weighted by Gasteiger charge is 2.19. The molecule has 0 saturated carbocycles. The summed E-state index contributed by atoms with van der Waals surface area (Å²) in [6.45, 7) is 0. The minimum Gasteiger partial charge on any atom is -0.239 e. The lowest BCUT2D eigenvalue weighted by atomic mass is 10.2. The number of hydrogen-bond acceptors (Lipinski definition) is 2. The van der Waals surface area contributed by atoms with Gasteiger partial charge in [-0.1, -0.05) is 0 Å². The average molecular weight is 298 g/mol. The number of pyridine rings is 1. The third-order valence-electron chi connectivity index (χ3n) is 1.29. The summed E-state index contributed by atoms with van der Waals surface area (Å²) < 4.78 is 37.4. The number of nitrogens with zero attached hydrogens (tertiary/aromatic N) is 2. The Hall–Kier alpha value is -0.840. The summed E-state index contributed by atoms with van der Waals surface area (Å²) in [4.78, 5) is 3.38. The van der Waals surface area contributed by atoms with Crippen molar-refractivity contribution in [3.05, 3.63) is 26.8 Å². The smallest absolute Gasteiger partial charge is 0.239 e. The van der Waals surface area contributed by atoms with Gasteiger partial charge in [-0.3, -0.25) is 0 Å². The summed E-state index contributed by atoms with van der Waals surface area (Å²) in [6.07, 6.45) is -2.93. The Kier molecular flexibility index (Phi) is 3.08. The van der Waals surface area contributed by atoms with Gasteiger partial charge in [0, 0.05) is 6.07 Å². The van der Waals surface area contributed by atoms with Gasteiger partial charge in [0.1, 0.15) is 26.8 Å². The predicted octanol–water partition coefficient (Wildman–Crippen LogP) is 2.63. The van der Waals surface area contributed by atoms with Gasteiger partial charge < -0.3 is 0 Å². The maximum absolute atomic E-state index is 12.9. The molecule has 0 amide bonds. The van der Waals surface area contributed by atoms with Crippen molar-refractivity contribution in [2.75, 3.05) is 0 Å². The van der Waals surface area contributed by atoms with E-state index in [1.807, 2.05) is 0 Å². The van der Waals surface area contributed by atoms with Crippen LogP contribution in [0.2, 0.25) is 0 Å². The van der Waals surface area contributed by atoms with Crippen molar-refractivity contribution in [1.29, 1.82) is 5.26 Å². The monoisotopic (exact) mass is 298 g/mol. The topological polar surface area (TPSA) is 36.7 Å². The number of alkyl halides is 2. The Morgan fingerprint density at radius 2 is 2.15 bits per heavy atom. The minimum absolute atomic E-state index is 0.101. The van der Waals surface area contributed by atoms with E-state index in [0.29, 0.717) is 0 Å². The molecule has 0 N–H and O–H groups in total. The van der Waals surface area contributed by atoms with Crippen LogP contribution in [-0.4, -0.2) is 4.98 Å². The summed E-state index contributed by atoms with van der Waals surface area (Å²) in [6, 6.07) is 2.29. The van der Waals surface area contributed by atoms with Gasteiger partial charge in [-0.25, -0.2) is 18.2 Å². The molecular weight excluding hydrogens is 296 g/mol. The Balaban J connectivity index is 3.41. The number of rotatable bonds is 1. The van der Waals surface area contributed by atoms with E-state index in [1.165, 1.54) is 6.07 Å². The van der Waals surface area contributed by atoms with Crippen molar-refractivity contribution < 1.29 is 13.2 Å². The van der Waals surface area contributed by atoms with Crippen LogP contribution in [0.5, 0.6) is 0 Å². The highest BCUT2D eigenvalue weighted by Crippen LogP contribution is 2.23. The average Bonchev–Trinajstić information content (AvgIpc) is 2.02. The van der Waals surface area contributed by atoms with Crippen LogP contribution in [0.1, 0.15) is 17.7 Å². The molecule has 0 radical (unpaired) electrons. The van der Waals surface area contributed by atoms with Crippen molar-refractivity contribution in [2.45, 2.75) is 6.43 Å². The van der Waals surface area contributed by atoms with Crippen LogP contribution in [0, 0.1) is 20.8 Å². The standard InChI is InChI=1S/C7H2F3IN2/c8-4-1-5(11)13-6(7(9)10)3(4)2-12/h1,7H. The van der Waals surface area contributed by atoms with Crippen molar-refractivity contribution in [1.82, 2.24) is 4.98 Å². The molecule has 0 aliphatic carbocycles. The summed E-state index contributed by atoms with van der Waals surface area (Å²) >= 11 is 1.60. The normalized spacial score (nSPS) is 10.2. The van der Waals surface area contributed by atoms with E-state index in [-0.39, 0.29) is 3.70 Å². The quantitative estimate of drug-likeness (QED) is 0.590. The molecule has 1 rings (SSSR count). The third-order valence-corrected chi connectivity index (χ3v) is 1.84. The van der Waals surface area contributed by atoms with Crippen molar-refractivity contribution in [2.24, 2.45) is 0 Å². The lowest BCUT2D eigenvalue weighted by molar-refractivity contribution is 0.145. The summed E-state index contributed by atoms with van der Waals surface area (Å²) in [5.74, 6) is -0.961. The van der Waals surface area contributed by atoms with E-state index in [1.54, 1.807) is 22.6 Å². The van der Waals surface area contributed by atoms with Gasteiger partial charge in [-0.05, 0) is 22.6 Å². The second kappa shape index (κ2) is 3.91. The molecule has 0 spiro atoms. The molecule has 0 aromatic carbocycles. The van der Waals surface area contributed by atoms with E-state index in [2.05, 4.69) is 4.98 Å². The van der Waals surface area contributed by atoms with Crippen LogP contribution >= 0.6 is 22.6 Å². The van der Waals surface area contributed by atoms with E-state index >= 15 is 0 Å². The van der Waals surface area contributed by atoms with E-state index < -0.39 is 23.5 Å². The van der Waals surface area contributed by atoms with Crippen LogP contribution in [0.25, 0.3) is 0 Å². The largest absolute Gasteiger partial charge is 0.281 e. The molecule has 0 aliphatic heterocycles. The summed E-state index contributed by atoms with van der Waals surface area (Å²) in [7, 11) is 0. The van der Waals surface area contributed by atoms with Gasteiger partial charge >= 0.3 is 0 Å². The van der Waals surface area contributed by atoms with Crippen LogP contribution in [0.4, 0.5) is 13.2 Å². The molecule has 1 aromatic heterocycles. The van der Waals surface area contributed by atoms with Gasteiger partial charge in [-0.2, -0.15) is 5.26 Å². The molecule has 0 fully saturated rings. The Morgan fingerprint density at radius 3 is 2.62 bits per heavy atom. The molecule has 68 valence electrons. The minimum atomic E-state index is -2.93. The maximum atomic E-state index is 12.9. The summed E-state index contributed by atoms with van der Waals surface area (Å²) in [5.41, 5.74) is -1.48. The van der Waals surface area contributed by atoms with E-state index in [0.717, 1.165) is 6.07 Å². The molecule has 2 nitrogen and oxygen atoms in total. The highest BCUT2D eigenvalue weighted by atomic mass is 127. The van der Waals surface area contributed by atoms with Crippen LogP contribution in [0.3, 0.4) is 0 Å². The first kappa shape index (κ1) is 10.2. The first-order chi connectivity index (χ1) is 6.06. The SMILES string of the molecule is N#Cc1c(F)cc(I)nc1C(F)F. The zero-order chi connectivity index (χ0) is 10.0. The zero-order valence-corrected chi connectivity index (χ0v) is 8.22. The number of halogens is 4. The fraction of sp³-hybridized carbons (Fsp3) is 0.143. The summed E-state index contributed by atoms with van der Waals surface area (Å²) in [5, 5.41) is 8.37. The molecular formula is C7H2F3IN2. The molecule has 0 bridgehead atoms.